The van der Waals surface area contributed by atoms with E-state index in [0.717, 1.165) is 16.5 Å². The first-order chi connectivity index (χ1) is 15.6. The van der Waals surface area contributed by atoms with Gasteiger partial charge in [-0.2, -0.15) is 18.4 Å². The van der Waals surface area contributed by atoms with Crippen LogP contribution in [-0.2, 0) is 21.8 Å². The Morgan fingerprint density at radius 2 is 1.73 bits per heavy atom. The third-order valence-corrected chi connectivity index (χ3v) is 7.83. The molecule has 0 radical (unpaired) electrons. The number of nitrogens with one attached hydrogen (secondary N) is 1. The van der Waals surface area contributed by atoms with E-state index in [2.05, 4.69) is 11.4 Å². The summed E-state index contributed by atoms with van der Waals surface area (Å²) in [5.74, 6) is -0.752. The molecule has 0 aromatic heterocycles. The second-order valence-electron chi connectivity index (χ2n) is 8.95. The summed E-state index contributed by atoms with van der Waals surface area (Å²) in [6.45, 7) is 0.939. The van der Waals surface area contributed by atoms with Crippen molar-refractivity contribution in [2.75, 3.05) is 30.7 Å². The first kappa shape index (κ1) is 23.8. The van der Waals surface area contributed by atoms with Crippen molar-refractivity contribution in [2.45, 2.75) is 50.2 Å². The van der Waals surface area contributed by atoms with Gasteiger partial charge in [-0.3, -0.25) is 4.79 Å². The largest absolute Gasteiger partial charge is 0.416 e. The minimum absolute atomic E-state index is 0.132. The van der Waals surface area contributed by atoms with Crippen molar-refractivity contribution in [3.8, 4) is 6.07 Å². The molecule has 33 heavy (non-hydrogen) atoms. The molecule has 3 saturated carbocycles. The lowest BCUT2D eigenvalue weighted by molar-refractivity contribution is -0.137. The fraction of sp³-hybridized carbons (Fsp3) is 0.619. The van der Waals surface area contributed by atoms with Crippen molar-refractivity contribution in [2.24, 2.45) is 5.41 Å². The number of hydrazine groups is 1. The summed E-state index contributed by atoms with van der Waals surface area (Å²) in [6.07, 6.45) is -1.17. The highest BCUT2D eigenvalue weighted by Crippen LogP contribution is 2.52. The highest BCUT2D eigenvalue weighted by atomic mass is 32.2. The molecule has 5 rings (SSSR count). The summed E-state index contributed by atoms with van der Waals surface area (Å²) >= 11 is 0. The standard InChI is InChI=1S/C21H25F3N4O4S/c22-21(23,24)15-1-2-17(28(33(30)31)27-9-11-32-12-10-27)16(13-15)18(29)26-20-6-3-19(14-25,4-7-20)5-8-20/h1-2,13,33H,3-12H2,(H,26,29). The number of nitrogens with zero attached hydrogens (tertiary/aromatic N) is 3. The van der Waals surface area contributed by atoms with E-state index >= 15 is 0 Å². The molecule has 0 spiro atoms. The Morgan fingerprint density at radius 3 is 2.24 bits per heavy atom. The zero-order valence-corrected chi connectivity index (χ0v) is 18.8. The molecule has 1 aromatic rings. The number of nitriles is 1. The van der Waals surface area contributed by atoms with Crippen LogP contribution in [0.1, 0.15) is 54.4 Å². The molecule has 2 bridgehead atoms. The molecule has 0 atom stereocenters. The summed E-state index contributed by atoms with van der Waals surface area (Å²) in [4.78, 5) is 13.3. The van der Waals surface area contributed by atoms with E-state index in [1.807, 2.05) is 0 Å². The van der Waals surface area contributed by atoms with Crippen molar-refractivity contribution in [1.29, 1.82) is 5.26 Å². The predicted octanol–water partition coefficient (Wildman–Crippen LogP) is 2.63. The van der Waals surface area contributed by atoms with Gasteiger partial charge < -0.3 is 10.1 Å². The van der Waals surface area contributed by atoms with Crippen LogP contribution < -0.4 is 9.73 Å². The van der Waals surface area contributed by atoms with Gasteiger partial charge in [-0.1, -0.05) is 0 Å². The third-order valence-electron chi connectivity index (χ3n) is 7.06. The highest BCUT2D eigenvalue weighted by Gasteiger charge is 2.50. The highest BCUT2D eigenvalue weighted by molar-refractivity contribution is 7.73. The number of carbonyl (C=O) groups is 1. The summed E-state index contributed by atoms with van der Waals surface area (Å²) in [6, 6.07) is 4.89. The van der Waals surface area contributed by atoms with Crippen molar-refractivity contribution >= 4 is 22.5 Å². The maximum absolute atomic E-state index is 13.4. The number of halogens is 3. The fourth-order valence-electron chi connectivity index (χ4n) is 5.00. The maximum Gasteiger partial charge on any atom is 0.416 e. The molecular weight excluding hydrogens is 461 g/mol. The number of amides is 1. The van der Waals surface area contributed by atoms with Crippen molar-refractivity contribution in [1.82, 2.24) is 10.3 Å². The number of benzene rings is 1. The molecule has 180 valence electrons. The van der Waals surface area contributed by atoms with Gasteiger partial charge in [-0.25, -0.2) is 17.8 Å². The molecular formula is C21H25F3N4O4S. The third kappa shape index (κ3) is 4.67. The average Bonchev–Trinajstić information content (AvgIpc) is 2.80. The van der Waals surface area contributed by atoms with Crippen LogP contribution in [0, 0.1) is 16.7 Å². The Hall–Kier alpha value is -2.36. The minimum Gasteiger partial charge on any atom is -0.379 e. The number of hydrogen-bond donors (Lipinski definition) is 2. The van der Waals surface area contributed by atoms with Gasteiger partial charge in [-0.05, 0) is 56.7 Å². The van der Waals surface area contributed by atoms with Gasteiger partial charge >= 0.3 is 6.18 Å². The van der Waals surface area contributed by atoms with E-state index in [9.17, 15) is 31.6 Å². The second kappa shape index (κ2) is 8.77. The van der Waals surface area contributed by atoms with Crippen LogP contribution in [0.4, 0.5) is 18.9 Å². The molecule has 12 heteroatoms. The first-order valence-electron chi connectivity index (χ1n) is 10.8. The number of anilines is 1. The van der Waals surface area contributed by atoms with Gasteiger partial charge in [-0.15, -0.1) is 0 Å². The smallest absolute Gasteiger partial charge is 0.379 e. The van der Waals surface area contributed by atoms with E-state index in [1.165, 1.54) is 5.01 Å². The Labute approximate surface area is 191 Å². The van der Waals surface area contributed by atoms with Crippen LogP contribution in [0.15, 0.2) is 18.2 Å². The van der Waals surface area contributed by atoms with E-state index in [1.54, 1.807) is 0 Å². The maximum atomic E-state index is 13.4. The molecule has 4 aliphatic rings. The molecule has 0 unspecified atom stereocenters. The topological polar surface area (TPSA) is 103 Å². The number of hydrogen-bond acceptors (Lipinski definition) is 6. The van der Waals surface area contributed by atoms with Gasteiger partial charge in [0.05, 0.1) is 41.5 Å². The number of fused-ring (bicyclic) bond motifs is 3. The van der Waals surface area contributed by atoms with Crippen LogP contribution in [0.25, 0.3) is 0 Å². The summed E-state index contributed by atoms with van der Waals surface area (Å²) < 4.78 is 70.7. The monoisotopic (exact) mass is 486 g/mol. The van der Waals surface area contributed by atoms with Gasteiger partial charge in [0.1, 0.15) is 0 Å². The fourth-order valence-corrected chi connectivity index (χ4v) is 5.74. The second-order valence-corrected chi connectivity index (χ2v) is 9.80. The Kier molecular flexibility index (Phi) is 6.32. The molecule has 1 N–H and O–H groups in total. The number of ether oxygens (including phenoxy) is 1. The van der Waals surface area contributed by atoms with Crippen LogP contribution in [-0.4, -0.2) is 51.2 Å². The average molecular weight is 487 g/mol. The number of morpholine rings is 1. The first-order valence-corrected chi connectivity index (χ1v) is 11.9. The van der Waals surface area contributed by atoms with Gasteiger partial charge in [0, 0.05) is 18.6 Å². The molecule has 1 heterocycles. The lowest BCUT2D eigenvalue weighted by Gasteiger charge is -2.50. The zero-order valence-electron chi connectivity index (χ0n) is 17.9. The number of rotatable bonds is 5. The van der Waals surface area contributed by atoms with E-state index in [0.29, 0.717) is 44.6 Å². The minimum atomic E-state index is -4.70. The van der Waals surface area contributed by atoms with Gasteiger partial charge in [0.2, 0.25) is 10.9 Å². The lowest BCUT2D eigenvalue weighted by Crippen LogP contribution is -2.56. The van der Waals surface area contributed by atoms with Crippen molar-refractivity contribution in [3.05, 3.63) is 29.3 Å². The summed E-state index contributed by atoms with van der Waals surface area (Å²) in [5.41, 5.74) is -2.51. The van der Waals surface area contributed by atoms with Crippen molar-refractivity contribution in [3.63, 3.8) is 0 Å². The van der Waals surface area contributed by atoms with Crippen molar-refractivity contribution < 1.29 is 31.1 Å². The number of thiol groups is 1. The molecule has 1 aromatic carbocycles. The SMILES string of the molecule is N#CC12CCC(NC(=O)c3cc(C(F)(F)F)ccc3N(N3CCOCC3)[SH](=O)=O)(CC1)CC2. The summed E-state index contributed by atoms with van der Waals surface area (Å²) in [5, 5.41) is 13.8. The van der Waals surface area contributed by atoms with Crippen LogP contribution in [0.3, 0.4) is 0 Å². The lowest BCUT2D eigenvalue weighted by atomic mass is 9.58. The quantitative estimate of drug-likeness (QED) is 0.621. The molecule has 8 nitrogen and oxygen atoms in total. The molecule has 1 aliphatic heterocycles. The molecule has 3 aliphatic carbocycles. The molecule has 1 amide bonds. The van der Waals surface area contributed by atoms with E-state index < -0.39 is 34.1 Å². The van der Waals surface area contributed by atoms with E-state index in [-0.39, 0.29) is 43.0 Å². The molecule has 1 saturated heterocycles. The Bertz CT molecular complexity index is 1010. The number of alkyl halides is 3. The van der Waals surface area contributed by atoms with Gasteiger partial charge in [0.15, 0.2) is 0 Å². The number of carbonyl (C=O) groups excluding carboxylic acids is 1. The Morgan fingerprint density at radius 1 is 1.12 bits per heavy atom. The normalized spacial score (nSPS) is 27.8. The van der Waals surface area contributed by atoms with E-state index in [4.69, 9.17) is 4.74 Å². The van der Waals surface area contributed by atoms with Crippen LogP contribution in [0.2, 0.25) is 0 Å². The predicted molar refractivity (Wildman–Crippen MR) is 113 cm³/mol. The zero-order chi connectivity index (χ0) is 23.9. The summed E-state index contributed by atoms with van der Waals surface area (Å²) in [7, 11) is -3.27. The molecule has 4 fully saturated rings. The van der Waals surface area contributed by atoms with Gasteiger partial charge in [0.25, 0.3) is 5.91 Å². The Balaban J connectivity index is 1.69. The van der Waals surface area contributed by atoms with Crippen LogP contribution in [0.5, 0.6) is 0 Å². The van der Waals surface area contributed by atoms with Crippen LogP contribution >= 0.6 is 0 Å².